The minimum absolute atomic E-state index is 0.0445. The number of carboxylic acid groups (broad SMARTS) is 1. The summed E-state index contributed by atoms with van der Waals surface area (Å²) < 4.78 is 0. The molecular formula is C16H19NO3. The highest BCUT2D eigenvalue weighted by atomic mass is 16.4. The van der Waals surface area contributed by atoms with Crippen molar-refractivity contribution >= 4 is 11.9 Å². The van der Waals surface area contributed by atoms with Crippen LogP contribution in [0.5, 0.6) is 0 Å². The molecule has 0 saturated heterocycles. The molecular weight excluding hydrogens is 254 g/mol. The molecule has 2 saturated carbocycles. The van der Waals surface area contributed by atoms with Crippen molar-refractivity contribution in [3.63, 3.8) is 0 Å². The monoisotopic (exact) mass is 273 g/mol. The van der Waals surface area contributed by atoms with E-state index in [1.54, 1.807) is 24.3 Å². The standard InChI is InChI=1S/C16H19NO3/c18-15(13-11-8-4-5-9-12(11)13)17-14(16(19)20)10-6-2-1-3-7-10/h1-3,6-7,11-14H,4-5,8-9H2,(H,17,18)(H,19,20). The number of nitrogens with one attached hydrogen (secondary N) is 1. The average Bonchev–Trinajstić information content (AvgIpc) is 3.19. The van der Waals surface area contributed by atoms with Crippen molar-refractivity contribution in [3.05, 3.63) is 35.9 Å². The van der Waals surface area contributed by atoms with E-state index in [0.29, 0.717) is 17.4 Å². The highest BCUT2D eigenvalue weighted by molar-refractivity contribution is 5.87. The number of carbonyl (C=O) groups excluding carboxylic acids is 1. The van der Waals surface area contributed by atoms with Crippen LogP contribution in [0.15, 0.2) is 30.3 Å². The molecule has 0 heterocycles. The Hall–Kier alpha value is -1.84. The summed E-state index contributed by atoms with van der Waals surface area (Å²) in [5, 5.41) is 12.0. The molecule has 2 aliphatic carbocycles. The van der Waals surface area contributed by atoms with Gasteiger partial charge >= 0.3 is 5.97 Å². The number of carboxylic acids is 1. The van der Waals surface area contributed by atoms with E-state index >= 15 is 0 Å². The van der Waals surface area contributed by atoms with E-state index in [1.807, 2.05) is 6.07 Å². The zero-order valence-corrected chi connectivity index (χ0v) is 11.3. The van der Waals surface area contributed by atoms with E-state index in [-0.39, 0.29) is 11.8 Å². The summed E-state index contributed by atoms with van der Waals surface area (Å²) in [6, 6.07) is 7.94. The lowest BCUT2D eigenvalue weighted by molar-refractivity contribution is -0.142. The van der Waals surface area contributed by atoms with E-state index in [9.17, 15) is 14.7 Å². The highest BCUT2D eigenvalue weighted by Crippen LogP contribution is 2.55. The van der Waals surface area contributed by atoms with Gasteiger partial charge in [0, 0.05) is 5.92 Å². The molecule has 20 heavy (non-hydrogen) atoms. The lowest BCUT2D eigenvalue weighted by atomic mass is 10.0. The summed E-state index contributed by atoms with van der Waals surface area (Å²) in [6.07, 6.45) is 4.63. The average molecular weight is 273 g/mol. The van der Waals surface area contributed by atoms with Crippen molar-refractivity contribution in [2.24, 2.45) is 17.8 Å². The Morgan fingerprint density at radius 1 is 1.10 bits per heavy atom. The topological polar surface area (TPSA) is 66.4 Å². The number of carbonyl (C=O) groups is 2. The third-order valence-corrected chi connectivity index (χ3v) is 4.63. The first kappa shape index (κ1) is 13.2. The Morgan fingerprint density at radius 3 is 2.25 bits per heavy atom. The molecule has 4 heteroatoms. The zero-order valence-electron chi connectivity index (χ0n) is 11.3. The fourth-order valence-corrected chi connectivity index (χ4v) is 3.55. The van der Waals surface area contributed by atoms with Crippen molar-refractivity contribution in [2.45, 2.75) is 31.7 Å². The smallest absolute Gasteiger partial charge is 0.330 e. The number of benzene rings is 1. The molecule has 0 radical (unpaired) electrons. The van der Waals surface area contributed by atoms with E-state index < -0.39 is 12.0 Å². The van der Waals surface area contributed by atoms with Crippen LogP contribution in [-0.4, -0.2) is 17.0 Å². The summed E-state index contributed by atoms with van der Waals surface area (Å²) in [5.74, 6) is -0.0580. The fourth-order valence-electron chi connectivity index (χ4n) is 3.55. The molecule has 4 nitrogen and oxygen atoms in total. The van der Waals surface area contributed by atoms with Gasteiger partial charge in [-0.05, 0) is 30.2 Å². The van der Waals surface area contributed by atoms with E-state index in [2.05, 4.69) is 5.32 Å². The Kier molecular flexibility index (Phi) is 3.47. The molecule has 0 aliphatic heterocycles. The van der Waals surface area contributed by atoms with Gasteiger partial charge in [-0.3, -0.25) is 4.79 Å². The summed E-state index contributed by atoms with van der Waals surface area (Å²) in [5.41, 5.74) is 0.622. The minimum Gasteiger partial charge on any atom is -0.479 e. The predicted molar refractivity (Wildman–Crippen MR) is 73.9 cm³/mol. The molecule has 1 aromatic carbocycles. The third kappa shape index (κ3) is 2.42. The van der Waals surface area contributed by atoms with Gasteiger partial charge in [0.2, 0.25) is 5.91 Å². The summed E-state index contributed by atoms with van der Waals surface area (Å²) in [4.78, 5) is 23.7. The molecule has 1 amide bonds. The van der Waals surface area contributed by atoms with Crippen molar-refractivity contribution < 1.29 is 14.7 Å². The van der Waals surface area contributed by atoms with Crippen LogP contribution < -0.4 is 5.32 Å². The third-order valence-electron chi connectivity index (χ3n) is 4.63. The molecule has 3 atom stereocenters. The molecule has 3 rings (SSSR count). The minimum atomic E-state index is -1.01. The van der Waals surface area contributed by atoms with Crippen molar-refractivity contribution in [1.82, 2.24) is 5.32 Å². The number of amides is 1. The van der Waals surface area contributed by atoms with Gasteiger partial charge in [0.25, 0.3) is 0 Å². The van der Waals surface area contributed by atoms with E-state index in [1.165, 1.54) is 12.8 Å². The quantitative estimate of drug-likeness (QED) is 0.885. The first-order valence-corrected chi connectivity index (χ1v) is 7.26. The highest BCUT2D eigenvalue weighted by Gasteiger charge is 2.55. The van der Waals surface area contributed by atoms with Crippen LogP contribution in [0.1, 0.15) is 37.3 Å². The Bertz CT molecular complexity index is 502. The molecule has 2 N–H and O–H groups in total. The molecule has 106 valence electrons. The molecule has 0 aromatic heterocycles. The maximum atomic E-state index is 12.3. The molecule has 2 fully saturated rings. The van der Waals surface area contributed by atoms with Gasteiger partial charge in [-0.2, -0.15) is 0 Å². The molecule has 0 spiro atoms. The van der Waals surface area contributed by atoms with Gasteiger partial charge in [-0.1, -0.05) is 43.2 Å². The SMILES string of the molecule is O=C(O)C(NC(=O)C1C2CCCCC21)c1ccccc1. The van der Waals surface area contributed by atoms with Crippen LogP contribution >= 0.6 is 0 Å². The number of hydrogen-bond acceptors (Lipinski definition) is 2. The van der Waals surface area contributed by atoms with Crippen LogP contribution in [0.3, 0.4) is 0 Å². The van der Waals surface area contributed by atoms with Gasteiger partial charge < -0.3 is 10.4 Å². The Labute approximate surface area is 118 Å². The van der Waals surface area contributed by atoms with Gasteiger partial charge in [0.15, 0.2) is 6.04 Å². The lowest BCUT2D eigenvalue weighted by Gasteiger charge is -2.15. The van der Waals surface area contributed by atoms with Gasteiger partial charge in [0.1, 0.15) is 0 Å². The second-order valence-corrected chi connectivity index (χ2v) is 5.83. The zero-order chi connectivity index (χ0) is 14.1. The van der Waals surface area contributed by atoms with Crippen LogP contribution in [0.25, 0.3) is 0 Å². The predicted octanol–water partition coefficient (Wildman–Crippen LogP) is 2.36. The normalized spacial score (nSPS) is 29.1. The first-order valence-electron chi connectivity index (χ1n) is 7.26. The van der Waals surface area contributed by atoms with Gasteiger partial charge in [0.05, 0.1) is 0 Å². The number of fused-ring (bicyclic) bond motifs is 1. The Morgan fingerprint density at radius 2 is 1.70 bits per heavy atom. The van der Waals surface area contributed by atoms with Crippen LogP contribution in [0.4, 0.5) is 0 Å². The summed E-state index contributed by atoms with van der Waals surface area (Å²) in [6.45, 7) is 0. The van der Waals surface area contributed by atoms with Crippen molar-refractivity contribution in [3.8, 4) is 0 Å². The summed E-state index contributed by atoms with van der Waals surface area (Å²) in [7, 11) is 0. The van der Waals surface area contributed by atoms with Crippen LogP contribution in [0.2, 0.25) is 0 Å². The lowest BCUT2D eigenvalue weighted by Crippen LogP contribution is -2.35. The largest absolute Gasteiger partial charge is 0.479 e. The second-order valence-electron chi connectivity index (χ2n) is 5.83. The number of rotatable bonds is 4. The van der Waals surface area contributed by atoms with Crippen LogP contribution in [-0.2, 0) is 9.59 Å². The summed E-state index contributed by atoms with van der Waals surface area (Å²) >= 11 is 0. The van der Waals surface area contributed by atoms with Crippen LogP contribution in [0, 0.1) is 17.8 Å². The van der Waals surface area contributed by atoms with Gasteiger partial charge in [-0.15, -0.1) is 0 Å². The maximum Gasteiger partial charge on any atom is 0.330 e. The molecule has 0 bridgehead atoms. The van der Waals surface area contributed by atoms with E-state index in [4.69, 9.17) is 0 Å². The first-order chi connectivity index (χ1) is 9.68. The molecule has 3 unspecified atom stereocenters. The Balaban J connectivity index is 1.68. The molecule has 2 aliphatic rings. The maximum absolute atomic E-state index is 12.3. The van der Waals surface area contributed by atoms with Crippen molar-refractivity contribution in [1.29, 1.82) is 0 Å². The van der Waals surface area contributed by atoms with Crippen molar-refractivity contribution in [2.75, 3.05) is 0 Å². The van der Waals surface area contributed by atoms with Gasteiger partial charge in [-0.25, -0.2) is 4.79 Å². The van der Waals surface area contributed by atoms with E-state index in [0.717, 1.165) is 12.8 Å². The molecule has 1 aromatic rings. The fraction of sp³-hybridized carbons (Fsp3) is 0.500. The number of aliphatic carboxylic acids is 1. The number of hydrogen-bond donors (Lipinski definition) is 2. The second kappa shape index (κ2) is 5.27.